The highest BCUT2D eigenvalue weighted by Crippen LogP contribution is 2.47. The van der Waals surface area contributed by atoms with E-state index in [4.69, 9.17) is 27.9 Å². The van der Waals surface area contributed by atoms with Gasteiger partial charge in [0.25, 0.3) is 5.91 Å². The highest BCUT2D eigenvalue weighted by atomic mass is 35.5. The lowest BCUT2D eigenvalue weighted by Crippen LogP contribution is -2.48. The Hall–Kier alpha value is -2.37. The fourth-order valence-corrected chi connectivity index (χ4v) is 4.18. The fraction of sp³-hybridized carbons (Fsp3) is 0.269. The number of fused-ring (bicyclic) bond motifs is 1. The number of amides is 1. The maximum Gasteiger partial charge on any atom is 0.257 e. The van der Waals surface area contributed by atoms with Crippen LogP contribution in [-0.2, 0) is 17.0 Å². The molecule has 6 heteroatoms. The molecule has 0 radical (unpaired) electrons. The van der Waals surface area contributed by atoms with Crippen LogP contribution in [0.3, 0.4) is 0 Å². The summed E-state index contributed by atoms with van der Waals surface area (Å²) in [6.07, 6.45) is 0. The second kappa shape index (κ2) is 8.87. The van der Waals surface area contributed by atoms with Crippen molar-refractivity contribution in [2.24, 2.45) is 5.41 Å². The van der Waals surface area contributed by atoms with Crippen LogP contribution in [0.15, 0.2) is 72.8 Å². The predicted octanol–water partition coefficient (Wildman–Crippen LogP) is 5.89. The van der Waals surface area contributed by atoms with Crippen molar-refractivity contribution in [2.75, 3.05) is 13.2 Å². The summed E-state index contributed by atoms with van der Waals surface area (Å²) in [6, 6.07) is 22.3. The molecule has 32 heavy (non-hydrogen) atoms. The Morgan fingerprint density at radius 2 is 1.53 bits per heavy atom. The smallest absolute Gasteiger partial charge is 0.257 e. The zero-order chi connectivity index (χ0) is 22.9. The summed E-state index contributed by atoms with van der Waals surface area (Å²) in [5, 5.41) is 11.1. The Bertz CT molecular complexity index is 1110. The molecule has 166 valence electrons. The number of aliphatic hydroxyl groups excluding tert-OH is 1. The van der Waals surface area contributed by atoms with Crippen LogP contribution in [-0.4, -0.2) is 29.1 Å². The van der Waals surface area contributed by atoms with Gasteiger partial charge < -0.3 is 9.84 Å². The van der Waals surface area contributed by atoms with Gasteiger partial charge in [-0.25, -0.2) is 0 Å². The number of hydrogen-bond acceptors (Lipinski definition) is 3. The largest absolute Gasteiger partial charge is 0.396 e. The van der Waals surface area contributed by atoms with Gasteiger partial charge in [-0.1, -0.05) is 79.5 Å². The van der Waals surface area contributed by atoms with Crippen LogP contribution in [0.4, 0.5) is 0 Å². The monoisotopic (exact) mass is 469 g/mol. The average molecular weight is 470 g/mol. The molecule has 1 atom stereocenters. The summed E-state index contributed by atoms with van der Waals surface area (Å²) in [5.41, 5.74) is 1.44. The number of rotatable bonds is 7. The Morgan fingerprint density at radius 1 is 0.938 bits per heavy atom. The summed E-state index contributed by atoms with van der Waals surface area (Å²) < 4.78 is 6.65. The number of benzene rings is 3. The van der Waals surface area contributed by atoms with E-state index in [0.29, 0.717) is 22.2 Å². The van der Waals surface area contributed by atoms with Crippen LogP contribution in [0.1, 0.15) is 40.9 Å². The minimum atomic E-state index is -1.16. The molecule has 1 N–H and O–H groups in total. The Labute approximate surface area is 198 Å². The maximum absolute atomic E-state index is 13.7. The summed E-state index contributed by atoms with van der Waals surface area (Å²) in [5.74, 6) is -0.118. The summed E-state index contributed by atoms with van der Waals surface area (Å²) >= 11 is 12.2. The van der Waals surface area contributed by atoms with Gasteiger partial charge in [-0.2, -0.15) is 0 Å². The topological polar surface area (TPSA) is 49.8 Å². The second-order valence-electron chi connectivity index (χ2n) is 8.83. The third-order valence-electron chi connectivity index (χ3n) is 5.74. The lowest BCUT2D eigenvalue weighted by Gasteiger charge is -2.41. The summed E-state index contributed by atoms with van der Waals surface area (Å²) in [7, 11) is 0. The van der Waals surface area contributed by atoms with Gasteiger partial charge in [-0.15, -0.1) is 0 Å². The first kappa shape index (κ1) is 22.8. The normalized spacial score (nSPS) is 18.2. The number of hydrogen-bond donors (Lipinski definition) is 1. The number of carbonyl (C=O) groups excluding carboxylic acids is 1. The minimum Gasteiger partial charge on any atom is -0.396 e. The first-order valence-corrected chi connectivity index (χ1v) is 11.2. The SMILES string of the molecule is CC(C)(CO)COC1(c2ccc(Cl)cc2)c2ccccc2C(=O)N1Cc1ccc(Cl)cc1. The number of halogens is 2. The van der Waals surface area contributed by atoms with Crippen LogP contribution in [0, 0.1) is 5.41 Å². The highest BCUT2D eigenvalue weighted by Gasteiger charge is 2.52. The number of carbonyl (C=O) groups is 1. The molecule has 1 heterocycles. The average Bonchev–Trinajstić information content (AvgIpc) is 3.03. The number of nitrogens with zero attached hydrogens (tertiary/aromatic N) is 1. The molecule has 1 amide bonds. The third kappa shape index (κ3) is 4.16. The predicted molar refractivity (Wildman–Crippen MR) is 127 cm³/mol. The van der Waals surface area contributed by atoms with Gasteiger partial charge in [0.15, 0.2) is 5.72 Å². The van der Waals surface area contributed by atoms with E-state index in [1.807, 2.05) is 74.5 Å². The highest BCUT2D eigenvalue weighted by molar-refractivity contribution is 6.30. The van der Waals surface area contributed by atoms with Crippen molar-refractivity contribution in [3.8, 4) is 0 Å². The fourth-order valence-electron chi connectivity index (χ4n) is 3.93. The molecule has 1 unspecified atom stereocenters. The molecular weight excluding hydrogens is 445 g/mol. The van der Waals surface area contributed by atoms with Crippen molar-refractivity contribution >= 4 is 29.1 Å². The van der Waals surface area contributed by atoms with Crippen molar-refractivity contribution < 1.29 is 14.6 Å². The molecule has 4 rings (SSSR count). The Balaban J connectivity index is 1.89. The molecule has 4 nitrogen and oxygen atoms in total. The van der Waals surface area contributed by atoms with Crippen molar-refractivity contribution in [3.05, 3.63) is 105 Å². The Morgan fingerprint density at radius 3 is 2.16 bits per heavy atom. The third-order valence-corrected chi connectivity index (χ3v) is 6.24. The van der Waals surface area contributed by atoms with Crippen LogP contribution in [0.5, 0.6) is 0 Å². The molecule has 0 aromatic heterocycles. The van der Waals surface area contributed by atoms with E-state index in [9.17, 15) is 9.90 Å². The van der Waals surface area contributed by atoms with E-state index in [-0.39, 0.29) is 19.1 Å². The second-order valence-corrected chi connectivity index (χ2v) is 9.70. The van der Waals surface area contributed by atoms with E-state index >= 15 is 0 Å². The van der Waals surface area contributed by atoms with Crippen molar-refractivity contribution in [1.29, 1.82) is 0 Å². The van der Waals surface area contributed by atoms with Gasteiger partial charge in [-0.05, 0) is 35.9 Å². The van der Waals surface area contributed by atoms with E-state index in [1.54, 1.807) is 17.0 Å². The van der Waals surface area contributed by atoms with E-state index in [0.717, 1.165) is 16.7 Å². The number of aliphatic hydroxyl groups is 1. The van der Waals surface area contributed by atoms with Gasteiger partial charge in [0, 0.05) is 38.7 Å². The zero-order valence-electron chi connectivity index (χ0n) is 18.0. The van der Waals surface area contributed by atoms with Crippen molar-refractivity contribution in [3.63, 3.8) is 0 Å². The lowest BCUT2D eigenvalue weighted by atomic mass is 9.91. The molecular formula is C26H25Cl2NO3. The quantitative estimate of drug-likeness (QED) is 0.469. The van der Waals surface area contributed by atoms with Crippen molar-refractivity contribution in [2.45, 2.75) is 26.1 Å². The summed E-state index contributed by atoms with van der Waals surface area (Å²) in [6.45, 7) is 4.37. The number of ether oxygens (including phenoxy) is 1. The van der Waals surface area contributed by atoms with Crippen LogP contribution in [0.25, 0.3) is 0 Å². The molecule has 0 saturated carbocycles. The molecule has 0 fully saturated rings. The first-order valence-electron chi connectivity index (χ1n) is 10.4. The molecule has 1 aliphatic rings. The zero-order valence-corrected chi connectivity index (χ0v) is 19.5. The standard InChI is InChI=1S/C26H25Cl2NO3/c1-25(2,16-30)17-32-26(19-9-13-21(28)14-10-19)23-6-4-3-5-22(23)24(31)29(26)15-18-7-11-20(27)12-8-18/h3-14,30H,15-17H2,1-2H3. The molecule has 1 aliphatic heterocycles. The molecule has 0 bridgehead atoms. The van der Waals surface area contributed by atoms with Crippen LogP contribution >= 0.6 is 23.2 Å². The van der Waals surface area contributed by atoms with Crippen molar-refractivity contribution in [1.82, 2.24) is 4.90 Å². The molecule has 3 aromatic rings. The maximum atomic E-state index is 13.7. The van der Waals surface area contributed by atoms with Crippen LogP contribution in [0.2, 0.25) is 10.0 Å². The van der Waals surface area contributed by atoms with E-state index < -0.39 is 11.1 Å². The van der Waals surface area contributed by atoms with Gasteiger partial charge in [0.05, 0.1) is 13.2 Å². The van der Waals surface area contributed by atoms with Gasteiger partial charge in [-0.3, -0.25) is 9.69 Å². The van der Waals surface area contributed by atoms with Crippen LogP contribution < -0.4 is 0 Å². The van der Waals surface area contributed by atoms with Gasteiger partial charge in [0.1, 0.15) is 0 Å². The van der Waals surface area contributed by atoms with E-state index in [1.165, 1.54) is 0 Å². The van der Waals surface area contributed by atoms with Gasteiger partial charge >= 0.3 is 0 Å². The Kier molecular flexibility index (Phi) is 6.33. The van der Waals surface area contributed by atoms with E-state index in [2.05, 4.69) is 0 Å². The molecule has 0 spiro atoms. The molecule has 0 aliphatic carbocycles. The minimum absolute atomic E-state index is 0.0452. The van der Waals surface area contributed by atoms with Gasteiger partial charge in [0.2, 0.25) is 0 Å². The lowest BCUT2D eigenvalue weighted by molar-refractivity contribution is -0.138. The summed E-state index contributed by atoms with van der Waals surface area (Å²) in [4.78, 5) is 15.4. The first-order chi connectivity index (χ1) is 15.3. The molecule has 3 aromatic carbocycles. The molecule has 0 saturated heterocycles.